The molecule has 0 heterocycles. The lowest BCUT2D eigenvalue weighted by atomic mass is 10.7. The fraction of sp³-hybridized carbons (Fsp3) is 0.500. The zero-order valence-corrected chi connectivity index (χ0v) is 6.68. The minimum Gasteiger partial charge on any atom is -0.477 e. The molecule has 0 atom stereocenters. The molecule has 0 saturated heterocycles. The third-order valence-electron chi connectivity index (χ3n) is 0.363. The van der Waals surface area contributed by atoms with Gasteiger partial charge in [0.2, 0.25) is 0 Å². The van der Waals surface area contributed by atoms with Gasteiger partial charge in [0.1, 0.15) is 32.5 Å². The average Bonchev–Trinajstić information content (AvgIpc) is 1.69. The molecule has 0 aromatic carbocycles. The van der Waals surface area contributed by atoms with Gasteiger partial charge >= 0.3 is 5.97 Å². The predicted molar refractivity (Wildman–Crippen MR) is 31.4 cm³/mol. The van der Waals surface area contributed by atoms with E-state index in [0.29, 0.717) is 0 Å². The Kier molecular flexibility index (Phi) is 4.44. The maximum Gasteiger partial charge on any atom is 0.362 e. The van der Waals surface area contributed by atoms with Crippen LogP contribution in [0.1, 0.15) is 0 Å². The fourth-order valence-corrected chi connectivity index (χ4v) is 0.767. The molecule has 0 rings (SSSR count). The van der Waals surface area contributed by atoms with E-state index in [9.17, 15) is 4.79 Å². The van der Waals surface area contributed by atoms with Gasteiger partial charge in [-0.15, -0.1) is 0 Å². The summed E-state index contributed by atoms with van der Waals surface area (Å²) in [5, 5.41) is 8.06. The van der Waals surface area contributed by atoms with Gasteiger partial charge in [-0.25, -0.2) is 4.79 Å². The summed E-state index contributed by atoms with van der Waals surface area (Å²) in [6.07, 6.45) is -1.30. The van der Waals surface area contributed by atoms with Gasteiger partial charge < -0.3 is 5.11 Å². The molecule has 0 spiro atoms. The second-order valence-corrected chi connectivity index (χ2v) is 1.60. The topological polar surface area (TPSA) is 55.8 Å². The van der Waals surface area contributed by atoms with Crippen LogP contribution in [0.4, 0.5) is 0 Å². The Labute approximate surface area is 62.7 Å². The van der Waals surface area contributed by atoms with Crippen molar-refractivity contribution < 1.29 is 17.6 Å². The van der Waals surface area contributed by atoms with E-state index in [2.05, 4.69) is 40.2 Å². The highest BCUT2D eigenvalue weighted by atomic mass is 79.9. The summed E-state index contributed by atoms with van der Waals surface area (Å²) in [4.78, 5) is 9.85. The van der Waals surface area contributed by atoms with Gasteiger partial charge in [0.15, 0.2) is 0 Å². The van der Waals surface area contributed by atoms with Crippen molar-refractivity contribution in [2.24, 2.45) is 0 Å². The van der Waals surface area contributed by atoms with Gasteiger partial charge in [-0.05, 0) is 0 Å². The Morgan fingerprint density at radius 2 is 1.88 bits per heavy atom. The molecular weight excluding hydrogens is 248 g/mol. The van der Waals surface area contributed by atoms with Crippen LogP contribution in [-0.4, -0.2) is 17.4 Å². The lowest BCUT2D eigenvalue weighted by Gasteiger charge is -2.00. The minimum atomic E-state index is -1.30. The molecule has 4 nitrogen and oxygen atoms in total. The molecule has 0 aromatic heterocycles. The Balaban J connectivity index is 3.52. The summed E-state index contributed by atoms with van der Waals surface area (Å²) in [5.41, 5.74) is 0. The van der Waals surface area contributed by atoms with E-state index < -0.39 is 12.3 Å². The summed E-state index contributed by atoms with van der Waals surface area (Å²) in [6, 6.07) is 0. The summed E-state index contributed by atoms with van der Waals surface area (Å²) in [5.74, 6) is -1.21. The number of aliphatic carboxylic acids is 1. The van der Waals surface area contributed by atoms with Gasteiger partial charge in [0, 0.05) is 0 Å². The summed E-state index contributed by atoms with van der Waals surface area (Å²) in [7, 11) is 0. The van der Waals surface area contributed by atoms with Crippen molar-refractivity contribution in [3.63, 3.8) is 0 Å². The largest absolute Gasteiger partial charge is 0.477 e. The predicted octanol–water partition coefficient (Wildman–Crippen LogP) is 1.05. The molecule has 0 fully saturated rings. The third-order valence-corrected chi connectivity index (χ3v) is 1.04. The number of halogens is 2. The van der Waals surface area contributed by atoms with Gasteiger partial charge in [-0.2, -0.15) is 0 Å². The first kappa shape index (κ1) is 8.35. The van der Waals surface area contributed by atoms with Crippen molar-refractivity contribution in [1.82, 2.24) is 0 Å². The standard InChI is InChI=1S/C2H2Br2O4/c3-7-2(8-4)1(5)6/h2H,(H,5,6). The molecule has 0 unspecified atom stereocenters. The van der Waals surface area contributed by atoms with E-state index >= 15 is 0 Å². The van der Waals surface area contributed by atoms with Crippen molar-refractivity contribution in [2.75, 3.05) is 0 Å². The molecule has 0 radical (unpaired) electrons. The molecule has 1 N–H and O–H groups in total. The van der Waals surface area contributed by atoms with Crippen LogP contribution in [0.3, 0.4) is 0 Å². The number of carboxylic acid groups (broad SMARTS) is 1. The fourth-order valence-electron chi connectivity index (χ4n) is 0.0900. The monoisotopic (exact) mass is 248 g/mol. The number of rotatable bonds is 3. The number of hydrogen-bond acceptors (Lipinski definition) is 3. The van der Waals surface area contributed by atoms with Crippen molar-refractivity contribution in [2.45, 2.75) is 6.29 Å². The van der Waals surface area contributed by atoms with E-state index in [1.165, 1.54) is 0 Å². The minimum absolute atomic E-state index is 1.21. The van der Waals surface area contributed by atoms with Crippen LogP contribution in [-0.2, 0) is 12.5 Å². The highest BCUT2D eigenvalue weighted by Gasteiger charge is 2.15. The zero-order chi connectivity index (χ0) is 6.57. The molecule has 0 aliphatic carbocycles. The summed E-state index contributed by atoms with van der Waals surface area (Å²) in [6.45, 7) is 0. The van der Waals surface area contributed by atoms with Crippen LogP contribution >= 0.6 is 32.5 Å². The van der Waals surface area contributed by atoms with Crippen molar-refractivity contribution >= 4 is 38.5 Å². The normalized spacial score (nSPS) is 9.88. The lowest BCUT2D eigenvalue weighted by molar-refractivity contribution is -0.154. The van der Waals surface area contributed by atoms with Gasteiger partial charge in [0.05, 0.1) is 0 Å². The third kappa shape index (κ3) is 2.61. The molecule has 0 aromatic rings. The number of carboxylic acids is 1. The molecule has 0 aliphatic rings. The molecule has 0 aliphatic heterocycles. The maximum atomic E-state index is 9.85. The average molecular weight is 250 g/mol. The molecular formula is C2H2Br2O4. The van der Waals surface area contributed by atoms with Crippen molar-refractivity contribution in [3.05, 3.63) is 0 Å². The number of hydrogen-bond donors (Lipinski definition) is 1. The van der Waals surface area contributed by atoms with E-state index in [-0.39, 0.29) is 0 Å². The van der Waals surface area contributed by atoms with Gasteiger partial charge in [-0.3, -0.25) is 7.66 Å². The molecule has 0 saturated carbocycles. The van der Waals surface area contributed by atoms with E-state index in [0.717, 1.165) is 0 Å². The van der Waals surface area contributed by atoms with Crippen molar-refractivity contribution in [3.8, 4) is 0 Å². The number of carbonyl (C=O) groups is 1. The summed E-state index contributed by atoms with van der Waals surface area (Å²) >= 11 is 4.88. The SMILES string of the molecule is O=C(O)C(OBr)OBr. The zero-order valence-electron chi connectivity index (χ0n) is 3.51. The molecule has 6 heteroatoms. The van der Waals surface area contributed by atoms with E-state index in [1.807, 2.05) is 0 Å². The van der Waals surface area contributed by atoms with Crippen LogP contribution < -0.4 is 0 Å². The van der Waals surface area contributed by atoms with Crippen LogP contribution in [0, 0.1) is 0 Å². The summed E-state index contributed by atoms with van der Waals surface area (Å²) < 4.78 is 8.21. The van der Waals surface area contributed by atoms with Crippen LogP contribution in [0.5, 0.6) is 0 Å². The van der Waals surface area contributed by atoms with Gasteiger partial charge in [-0.1, -0.05) is 0 Å². The van der Waals surface area contributed by atoms with Crippen molar-refractivity contribution in [1.29, 1.82) is 0 Å². The lowest BCUT2D eigenvalue weighted by Crippen LogP contribution is -2.19. The highest BCUT2D eigenvalue weighted by molar-refractivity contribution is 9.06. The second-order valence-electron chi connectivity index (χ2n) is 0.848. The smallest absolute Gasteiger partial charge is 0.362 e. The quantitative estimate of drug-likeness (QED) is 0.760. The first-order valence-electron chi connectivity index (χ1n) is 1.50. The maximum absolute atomic E-state index is 9.85. The highest BCUT2D eigenvalue weighted by Crippen LogP contribution is 2.02. The Morgan fingerprint density at radius 1 is 1.50 bits per heavy atom. The Bertz CT molecular complexity index is 80.1. The molecule has 48 valence electrons. The second kappa shape index (κ2) is 4.25. The van der Waals surface area contributed by atoms with Crippen LogP contribution in [0.25, 0.3) is 0 Å². The first-order chi connectivity index (χ1) is 3.72. The van der Waals surface area contributed by atoms with E-state index in [4.69, 9.17) is 5.11 Å². The molecule has 0 amide bonds. The molecule has 8 heavy (non-hydrogen) atoms. The first-order valence-corrected chi connectivity index (χ1v) is 2.79. The van der Waals surface area contributed by atoms with E-state index in [1.54, 1.807) is 0 Å². The van der Waals surface area contributed by atoms with Crippen LogP contribution in [0.2, 0.25) is 0 Å². The molecule has 0 bridgehead atoms. The van der Waals surface area contributed by atoms with Gasteiger partial charge in [0.25, 0.3) is 6.29 Å². The van der Waals surface area contributed by atoms with Crippen LogP contribution in [0.15, 0.2) is 0 Å². The Hall–Kier alpha value is 0.350. The Morgan fingerprint density at radius 3 is 1.88 bits per heavy atom.